The summed E-state index contributed by atoms with van der Waals surface area (Å²) >= 11 is 1.89. The molecule has 2 heteroatoms. The predicted molar refractivity (Wildman–Crippen MR) is 195 cm³/mol. The fourth-order valence-electron chi connectivity index (χ4n) is 7.36. The molecular weight excluding hydrogens is 563 g/mol. The van der Waals surface area contributed by atoms with Crippen LogP contribution in [0, 0.1) is 0 Å². The molecule has 0 fully saturated rings. The third kappa shape index (κ3) is 4.06. The number of anilines is 3. The molecule has 1 heterocycles. The number of benzene rings is 7. The zero-order chi connectivity index (χ0) is 30.1. The Morgan fingerprint density at radius 2 is 1.13 bits per heavy atom. The van der Waals surface area contributed by atoms with Gasteiger partial charge in [-0.1, -0.05) is 117 Å². The topological polar surface area (TPSA) is 3.24 Å². The van der Waals surface area contributed by atoms with Crippen molar-refractivity contribution in [1.29, 1.82) is 0 Å². The van der Waals surface area contributed by atoms with E-state index in [0.717, 1.165) is 17.1 Å². The van der Waals surface area contributed by atoms with E-state index in [2.05, 4.69) is 170 Å². The van der Waals surface area contributed by atoms with Gasteiger partial charge in [-0.15, -0.1) is 11.3 Å². The molecule has 0 radical (unpaired) electrons. The first-order valence-corrected chi connectivity index (χ1v) is 16.4. The summed E-state index contributed by atoms with van der Waals surface area (Å²) in [5, 5.41) is 5.29. The lowest BCUT2D eigenvalue weighted by Gasteiger charge is -2.27. The predicted octanol–water partition coefficient (Wildman–Crippen LogP) is 12.7. The van der Waals surface area contributed by atoms with Gasteiger partial charge in [0.1, 0.15) is 0 Å². The standard InChI is InChI=1S/C43H31NS/c1-43(2)39-14-8-6-12-34(39)38-27-33(23-25-40(38)43)44(31-10-4-3-5-11-31)32-21-18-28(19-22-32)30-17-16-29-20-24-36-35-13-7-9-15-41(35)45-42(36)37(29)26-30/h3-27H,1-2H3. The zero-order valence-electron chi connectivity index (χ0n) is 25.3. The SMILES string of the molecule is CC1(C)c2ccccc2-c2cc(N(c3ccccc3)c3ccc(-c4ccc5ccc6c7ccccc7sc6c5c4)cc3)ccc21. The first kappa shape index (κ1) is 26.2. The molecule has 214 valence electrons. The van der Waals surface area contributed by atoms with Crippen LogP contribution in [-0.2, 0) is 5.41 Å². The third-order valence-corrected chi connectivity index (χ3v) is 10.9. The Morgan fingerprint density at radius 1 is 0.467 bits per heavy atom. The Kier molecular flexibility index (Phi) is 5.78. The number of hydrogen-bond acceptors (Lipinski definition) is 2. The van der Waals surface area contributed by atoms with E-state index in [-0.39, 0.29) is 5.41 Å². The lowest BCUT2D eigenvalue weighted by molar-refractivity contribution is 0.660. The Morgan fingerprint density at radius 3 is 2.00 bits per heavy atom. The van der Waals surface area contributed by atoms with E-state index in [1.165, 1.54) is 64.3 Å². The molecular formula is C43H31NS. The minimum atomic E-state index is -0.00898. The number of nitrogens with zero attached hydrogens (tertiary/aromatic N) is 1. The van der Waals surface area contributed by atoms with Gasteiger partial charge in [-0.05, 0) is 87.3 Å². The molecule has 0 amide bonds. The molecule has 0 saturated heterocycles. The Labute approximate surface area is 267 Å². The highest BCUT2D eigenvalue weighted by Crippen LogP contribution is 2.50. The van der Waals surface area contributed by atoms with Crippen molar-refractivity contribution in [3.05, 3.63) is 163 Å². The fourth-order valence-corrected chi connectivity index (χ4v) is 8.59. The van der Waals surface area contributed by atoms with Crippen LogP contribution >= 0.6 is 11.3 Å². The molecule has 1 aliphatic carbocycles. The second kappa shape index (κ2) is 9.92. The summed E-state index contributed by atoms with van der Waals surface area (Å²) in [7, 11) is 0. The minimum Gasteiger partial charge on any atom is -0.310 e. The molecule has 7 aromatic carbocycles. The highest BCUT2D eigenvalue weighted by molar-refractivity contribution is 7.26. The first-order chi connectivity index (χ1) is 22.1. The van der Waals surface area contributed by atoms with Crippen LogP contribution in [0.25, 0.3) is 53.2 Å². The van der Waals surface area contributed by atoms with Crippen molar-refractivity contribution >= 4 is 59.3 Å². The molecule has 1 aliphatic rings. The van der Waals surface area contributed by atoms with Crippen LogP contribution in [0.1, 0.15) is 25.0 Å². The Bertz CT molecular complexity index is 2400. The maximum atomic E-state index is 2.38. The van der Waals surface area contributed by atoms with Gasteiger partial charge in [-0.3, -0.25) is 0 Å². The van der Waals surface area contributed by atoms with E-state index >= 15 is 0 Å². The van der Waals surface area contributed by atoms with E-state index in [0.29, 0.717) is 0 Å². The number of thiophene rings is 1. The Hall–Kier alpha value is -5.18. The fraction of sp³-hybridized carbons (Fsp3) is 0.0698. The van der Waals surface area contributed by atoms with Crippen molar-refractivity contribution in [2.75, 3.05) is 4.90 Å². The molecule has 0 N–H and O–H groups in total. The summed E-state index contributed by atoms with van der Waals surface area (Å²) in [4.78, 5) is 2.37. The lowest BCUT2D eigenvalue weighted by Crippen LogP contribution is -2.15. The summed E-state index contributed by atoms with van der Waals surface area (Å²) in [6.07, 6.45) is 0. The van der Waals surface area contributed by atoms with E-state index in [1.807, 2.05) is 11.3 Å². The van der Waals surface area contributed by atoms with E-state index in [1.54, 1.807) is 0 Å². The lowest BCUT2D eigenvalue weighted by atomic mass is 9.82. The molecule has 0 bridgehead atoms. The molecule has 1 aromatic heterocycles. The van der Waals surface area contributed by atoms with Crippen molar-refractivity contribution in [2.45, 2.75) is 19.3 Å². The van der Waals surface area contributed by atoms with Crippen molar-refractivity contribution in [1.82, 2.24) is 0 Å². The molecule has 8 aromatic rings. The summed E-state index contributed by atoms with van der Waals surface area (Å²) in [5.41, 5.74) is 11.4. The van der Waals surface area contributed by atoms with Gasteiger partial charge in [0.15, 0.2) is 0 Å². The molecule has 9 rings (SSSR count). The van der Waals surface area contributed by atoms with Gasteiger partial charge < -0.3 is 4.90 Å². The maximum absolute atomic E-state index is 2.38. The average Bonchev–Trinajstić information content (AvgIpc) is 3.58. The first-order valence-electron chi connectivity index (χ1n) is 15.6. The number of para-hydroxylation sites is 1. The van der Waals surface area contributed by atoms with Gasteiger partial charge in [0.25, 0.3) is 0 Å². The highest BCUT2D eigenvalue weighted by Gasteiger charge is 2.35. The second-order valence-electron chi connectivity index (χ2n) is 12.6. The summed E-state index contributed by atoms with van der Waals surface area (Å²) in [6, 6.07) is 55.8. The molecule has 0 aliphatic heterocycles. The maximum Gasteiger partial charge on any atom is 0.0468 e. The van der Waals surface area contributed by atoms with Crippen LogP contribution in [0.4, 0.5) is 17.1 Å². The van der Waals surface area contributed by atoms with Crippen molar-refractivity contribution in [3.63, 3.8) is 0 Å². The smallest absolute Gasteiger partial charge is 0.0468 e. The largest absolute Gasteiger partial charge is 0.310 e. The van der Waals surface area contributed by atoms with Gasteiger partial charge in [0.05, 0.1) is 0 Å². The molecule has 0 unspecified atom stereocenters. The van der Waals surface area contributed by atoms with Crippen molar-refractivity contribution in [2.24, 2.45) is 0 Å². The zero-order valence-corrected chi connectivity index (χ0v) is 26.1. The molecule has 0 atom stereocenters. The second-order valence-corrected chi connectivity index (χ2v) is 13.6. The molecule has 0 spiro atoms. The van der Waals surface area contributed by atoms with Crippen LogP contribution in [0.15, 0.2) is 152 Å². The third-order valence-electron chi connectivity index (χ3n) is 9.66. The van der Waals surface area contributed by atoms with E-state index < -0.39 is 0 Å². The van der Waals surface area contributed by atoms with Gasteiger partial charge in [-0.2, -0.15) is 0 Å². The van der Waals surface area contributed by atoms with Crippen LogP contribution in [0.5, 0.6) is 0 Å². The average molecular weight is 594 g/mol. The van der Waals surface area contributed by atoms with Crippen LogP contribution in [0.2, 0.25) is 0 Å². The minimum absolute atomic E-state index is 0.00898. The van der Waals surface area contributed by atoms with Crippen LogP contribution < -0.4 is 4.90 Å². The number of rotatable bonds is 4. The van der Waals surface area contributed by atoms with Gasteiger partial charge >= 0.3 is 0 Å². The van der Waals surface area contributed by atoms with Crippen molar-refractivity contribution in [3.8, 4) is 22.3 Å². The normalized spacial score (nSPS) is 13.3. The van der Waals surface area contributed by atoms with Crippen molar-refractivity contribution < 1.29 is 0 Å². The quantitative estimate of drug-likeness (QED) is 0.196. The van der Waals surface area contributed by atoms with Crippen LogP contribution in [-0.4, -0.2) is 0 Å². The Balaban J connectivity index is 1.14. The van der Waals surface area contributed by atoms with Crippen LogP contribution in [0.3, 0.4) is 0 Å². The number of hydrogen-bond donors (Lipinski definition) is 0. The van der Waals surface area contributed by atoms with E-state index in [9.17, 15) is 0 Å². The number of fused-ring (bicyclic) bond motifs is 8. The highest BCUT2D eigenvalue weighted by atomic mass is 32.1. The summed E-state index contributed by atoms with van der Waals surface area (Å²) in [5.74, 6) is 0. The van der Waals surface area contributed by atoms with Gasteiger partial charge in [-0.25, -0.2) is 0 Å². The summed E-state index contributed by atoms with van der Waals surface area (Å²) in [6.45, 7) is 4.67. The molecule has 45 heavy (non-hydrogen) atoms. The van der Waals surface area contributed by atoms with Gasteiger partial charge in [0.2, 0.25) is 0 Å². The monoisotopic (exact) mass is 593 g/mol. The molecule has 0 saturated carbocycles. The van der Waals surface area contributed by atoms with Gasteiger partial charge in [0, 0.05) is 48.0 Å². The van der Waals surface area contributed by atoms with E-state index in [4.69, 9.17) is 0 Å². The molecule has 1 nitrogen and oxygen atoms in total. The summed E-state index contributed by atoms with van der Waals surface area (Å²) < 4.78 is 2.71.